The van der Waals surface area contributed by atoms with E-state index in [1.165, 1.54) is 24.1 Å². The van der Waals surface area contributed by atoms with Crippen molar-refractivity contribution in [2.45, 2.75) is 32.1 Å². The molecule has 0 saturated carbocycles. The highest BCUT2D eigenvalue weighted by atomic mass is 16.1. The van der Waals surface area contributed by atoms with E-state index in [0.717, 1.165) is 12.7 Å². The van der Waals surface area contributed by atoms with Crippen molar-refractivity contribution in [3.8, 4) is 0 Å². The standard InChI is InChI=1S/C11H13NO/c1-8-3-2-4-10-5-9(7-13)6-12-11(8)10/h5-8H,2-4H2,1H3. The number of hydrogen-bond acceptors (Lipinski definition) is 2. The molecule has 1 aliphatic carbocycles. The molecule has 0 amide bonds. The van der Waals surface area contributed by atoms with Crippen LogP contribution >= 0.6 is 0 Å². The Morgan fingerprint density at radius 3 is 3.23 bits per heavy atom. The fraction of sp³-hybridized carbons (Fsp3) is 0.455. The van der Waals surface area contributed by atoms with E-state index in [9.17, 15) is 4.79 Å². The number of hydrogen-bond donors (Lipinski definition) is 0. The Morgan fingerprint density at radius 2 is 2.46 bits per heavy atom. The first kappa shape index (κ1) is 8.42. The lowest BCUT2D eigenvalue weighted by atomic mass is 9.87. The summed E-state index contributed by atoms with van der Waals surface area (Å²) in [5.41, 5.74) is 3.16. The molecule has 13 heavy (non-hydrogen) atoms. The zero-order chi connectivity index (χ0) is 9.26. The smallest absolute Gasteiger partial charge is 0.151 e. The molecule has 2 rings (SSSR count). The van der Waals surface area contributed by atoms with Crippen LogP contribution in [0.15, 0.2) is 12.3 Å². The van der Waals surface area contributed by atoms with Gasteiger partial charge in [0.25, 0.3) is 0 Å². The molecular formula is C11H13NO. The number of nitrogens with zero attached hydrogens (tertiary/aromatic N) is 1. The number of carbonyl (C=O) groups excluding carboxylic acids is 1. The maximum absolute atomic E-state index is 10.5. The number of pyridine rings is 1. The number of rotatable bonds is 1. The van der Waals surface area contributed by atoms with Crippen LogP contribution in [0.3, 0.4) is 0 Å². The van der Waals surface area contributed by atoms with Crippen LogP contribution in [0, 0.1) is 0 Å². The Hall–Kier alpha value is -1.18. The van der Waals surface area contributed by atoms with E-state index in [2.05, 4.69) is 11.9 Å². The van der Waals surface area contributed by atoms with Crippen molar-refractivity contribution in [3.05, 3.63) is 29.1 Å². The fourth-order valence-corrected chi connectivity index (χ4v) is 1.98. The van der Waals surface area contributed by atoms with Gasteiger partial charge in [0.15, 0.2) is 6.29 Å². The highest BCUT2D eigenvalue weighted by Crippen LogP contribution is 2.29. The number of aromatic nitrogens is 1. The molecule has 1 aromatic heterocycles. The SMILES string of the molecule is CC1CCCc2cc(C=O)cnc21. The molecular weight excluding hydrogens is 162 g/mol. The predicted molar refractivity (Wildman–Crippen MR) is 51.0 cm³/mol. The average molecular weight is 175 g/mol. The van der Waals surface area contributed by atoms with E-state index in [0.29, 0.717) is 11.5 Å². The van der Waals surface area contributed by atoms with Gasteiger partial charge in [0.2, 0.25) is 0 Å². The second-order valence-electron chi connectivity index (χ2n) is 3.72. The Kier molecular flexibility index (Phi) is 2.13. The third kappa shape index (κ3) is 1.48. The summed E-state index contributed by atoms with van der Waals surface area (Å²) in [6.45, 7) is 2.20. The second-order valence-corrected chi connectivity index (χ2v) is 3.72. The second kappa shape index (κ2) is 3.29. The number of aldehydes is 1. The molecule has 0 aliphatic heterocycles. The molecule has 1 aromatic rings. The Labute approximate surface area is 78.0 Å². The summed E-state index contributed by atoms with van der Waals surface area (Å²) in [5.74, 6) is 0.560. The molecule has 1 heterocycles. The van der Waals surface area contributed by atoms with Crippen LogP contribution in [0.2, 0.25) is 0 Å². The molecule has 1 atom stereocenters. The van der Waals surface area contributed by atoms with Gasteiger partial charge in [0.1, 0.15) is 0 Å². The van der Waals surface area contributed by atoms with Crippen molar-refractivity contribution in [3.63, 3.8) is 0 Å². The van der Waals surface area contributed by atoms with Gasteiger partial charge in [0.05, 0.1) is 0 Å². The molecule has 0 bridgehead atoms. The first-order valence-electron chi connectivity index (χ1n) is 4.75. The van der Waals surface area contributed by atoms with Gasteiger partial charge in [-0.2, -0.15) is 0 Å². The maximum atomic E-state index is 10.5. The third-order valence-electron chi connectivity index (χ3n) is 2.71. The first-order valence-corrected chi connectivity index (χ1v) is 4.75. The largest absolute Gasteiger partial charge is 0.298 e. The van der Waals surface area contributed by atoms with Crippen LogP contribution in [0.4, 0.5) is 0 Å². The van der Waals surface area contributed by atoms with Gasteiger partial charge in [-0.05, 0) is 36.8 Å². The Bertz CT molecular complexity index is 333. The number of fused-ring (bicyclic) bond motifs is 1. The quantitative estimate of drug-likeness (QED) is 0.613. The van der Waals surface area contributed by atoms with Gasteiger partial charge in [-0.1, -0.05) is 6.92 Å². The summed E-state index contributed by atoms with van der Waals surface area (Å²) in [6, 6.07) is 1.98. The minimum absolute atomic E-state index is 0.560. The van der Waals surface area contributed by atoms with Gasteiger partial charge >= 0.3 is 0 Å². The van der Waals surface area contributed by atoms with E-state index in [4.69, 9.17) is 0 Å². The Morgan fingerprint density at radius 1 is 1.62 bits per heavy atom. The Balaban J connectivity index is 2.45. The van der Waals surface area contributed by atoms with Crippen molar-refractivity contribution in [1.82, 2.24) is 4.98 Å². The molecule has 1 unspecified atom stereocenters. The van der Waals surface area contributed by atoms with E-state index in [1.807, 2.05) is 6.07 Å². The predicted octanol–water partition coefficient (Wildman–Crippen LogP) is 2.33. The number of aryl methyl sites for hydroxylation is 1. The molecule has 0 fully saturated rings. The molecule has 0 radical (unpaired) electrons. The summed E-state index contributed by atoms with van der Waals surface area (Å²) >= 11 is 0. The summed E-state index contributed by atoms with van der Waals surface area (Å²) in [7, 11) is 0. The normalized spacial score (nSPS) is 20.8. The van der Waals surface area contributed by atoms with Crippen molar-refractivity contribution in [2.24, 2.45) is 0 Å². The van der Waals surface area contributed by atoms with Crippen LogP contribution < -0.4 is 0 Å². The zero-order valence-corrected chi connectivity index (χ0v) is 7.79. The van der Waals surface area contributed by atoms with Crippen molar-refractivity contribution >= 4 is 6.29 Å². The van der Waals surface area contributed by atoms with Gasteiger partial charge < -0.3 is 0 Å². The van der Waals surface area contributed by atoms with Crippen LogP contribution in [-0.4, -0.2) is 11.3 Å². The lowest BCUT2D eigenvalue weighted by Gasteiger charge is -2.20. The van der Waals surface area contributed by atoms with Gasteiger partial charge in [-0.25, -0.2) is 0 Å². The molecule has 0 N–H and O–H groups in total. The molecule has 68 valence electrons. The first-order chi connectivity index (χ1) is 6.31. The van der Waals surface area contributed by atoms with E-state index in [-0.39, 0.29) is 0 Å². The van der Waals surface area contributed by atoms with Gasteiger partial charge in [0, 0.05) is 17.5 Å². The highest BCUT2D eigenvalue weighted by molar-refractivity contribution is 5.74. The van der Waals surface area contributed by atoms with Crippen molar-refractivity contribution in [2.75, 3.05) is 0 Å². The van der Waals surface area contributed by atoms with Crippen molar-refractivity contribution < 1.29 is 4.79 Å². The topological polar surface area (TPSA) is 30.0 Å². The zero-order valence-electron chi connectivity index (χ0n) is 7.79. The molecule has 0 spiro atoms. The van der Waals surface area contributed by atoms with Crippen molar-refractivity contribution in [1.29, 1.82) is 0 Å². The van der Waals surface area contributed by atoms with Gasteiger partial charge in [-0.3, -0.25) is 9.78 Å². The van der Waals surface area contributed by atoms with E-state index in [1.54, 1.807) is 6.20 Å². The molecule has 0 aromatic carbocycles. The monoisotopic (exact) mass is 175 g/mol. The van der Waals surface area contributed by atoms with Crippen LogP contribution in [0.25, 0.3) is 0 Å². The summed E-state index contributed by atoms with van der Waals surface area (Å²) < 4.78 is 0. The van der Waals surface area contributed by atoms with Crippen LogP contribution in [-0.2, 0) is 6.42 Å². The number of carbonyl (C=O) groups is 1. The average Bonchev–Trinajstić information content (AvgIpc) is 2.18. The molecule has 2 heteroatoms. The molecule has 2 nitrogen and oxygen atoms in total. The fourth-order valence-electron chi connectivity index (χ4n) is 1.98. The van der Waals surface area contributed by atoms with Crippen LogP contribution in [0.5, 0.6) is 0 Å². The highest BCUT2D eigenvalue weighted by Gasteiger charge is 2.17. The van der Waals surface area contributed by atoms with Crippen LogP contribution in [0.1, 0.15) is 47.3 Å². The summed E-state index contributed by atoms with van der Waals surface area (Å²) in [5, 5.41) is 0. The third-order valence-corrected chi connectivity index (χ3v) is 2.71. The minimum atomic E-state index is 0.560. The van der Waals surface area contributed by atoms with E-state index < -0.39 is 0 Å². The summed E-state index contributed by atoms with van der Waals surface area (Å²) in [6.07, 6.45) is 6.06. The van der Waals surface area contributed by atoms with Gasteiger partial charge in [-0.15, -0.1) is 0 Å². The maximum Gasteiger partial charge on any atom is 0.151 e. The molecule has 1 aliphatic rings. The summed E-state index contributed by atoms with van der Waals surface area (Å²) in [4.78, 5) is 14.9. The van der Waals surface area contributed by atoms with E-state index >= 15 is 0 Å². The lowest BCUT2D eigenvalue weighted by molar-refractivity contribution is 0.112. The molecule has 0 saturated heterocycles. The minimum Gasteiger partial charge on any atom is -0.298 e. The lowest BCUT2D eigenvalue weighted by Crippen LogP contribution is -2.09.